The van der Waals surface area contributed by atoms with Gasteiger partial charge in [0.2, 0.25) is 0 Å². The summed E-state index contributed by atoms with van der Waals surface area (Å²) in [6.07, 6.45) is 3.60. The Morgan fingerprint density at radius 3 is 2.53 bits per heavy atom. The molecule has 3 N–H and O–H groups in total. The van der Waals surface area contributed by atoms with E-state index in [4.69, 9.17) is 0 Å². The lowest BCUT2D eigenvalue weighted by Gasteiger charge is -2.28. The third-order valence-electron chi connectivity index (χ3n) is 3.51. The summed E-state index contributed by atoms with van der Waals surface area (Å²) in [4.78, 5) is 12.3. The van der Waals surface area contributed by atoms with E-state index in [-0.39, 0.29) is 23.8 Å². The molecule has 0 radical (unpaired) electrons. The number of hydrogen-bond acceptors (Lipinski definition) is 3. The van der Waals surface area contributed by atoms with E-state index in [9.17, 15) is 15.0 Å². The summed E-state index contributed by atoms with van der Waals surface area (Å²) in [5.41, 5.74) is -0.244. The molecular weight excluding hydrogens is 472 g/mol. The van der Waals surface area contributed by atoms with Crippen LogP contribution in [-0.2, 0) is 0 Å². The summed E-state index contributed by atoms with van der Waals surface area (Å²) in [6.45, 7) is -0.0550. The van der Waals surface area contributed by atoms with Crippen LogP contribution in [-0.4, -0.2) is 28.3 Å². The molecule has 0 aromatic heterocycles. The Bertz CT molecular complexity index is 499. The van der Waals surface area contributed by atoms with E-state index in [1.807, 2.05) is 28.7 Å². The number of aliphatic hydroxyl groups excluding tert-OH is 1. The highest BCUT2D eigenvalue weighted by atomic mass is 127. The van der Waals surface area contributed by atoms with Gasteiger partial charge in [-0.1, -0.05) is 12.8 Å². The Balaban J connectivity index is 2.25. The number of aliphatic hydroxyl groups is 1. The first-order valence-electron chi connectivity index (χ1n) is 6.09. The van der Waals surface area contributed by atoms with Crippen LogP contribution in [0.1, 0.15) is 36.0 Å². The van der Waals surface area contributed by atoms with Gasteiger partial charge in [0.25, 0.3) is 5.91 Å². The summed E-state index contributed by atoms with van der Waals surface area (Å²) >= 11 is 4.12. The fourth-order valence-corrected chi connectivity index (χ4v) is 4.27. The molecule has 1 aliphatic carbocycles. The predicted octanol–water partition coefficient (Wildman–Crippen LogP) is 2.64. The van der Waals surface area contributed by atoms with Crippen molar-refractivity contribution in [2.75, 3.05) is 6.61 Å². The summed E-state index contributed by atoms with van der Waals surface area (Å²) < 4.78 is 1.55. The molecule has 4 nitrogen and oxygen atoms in total. The van der Waals surface area contributed by atoms with Crippen LogP contribution < -0.4 is 5.32 Å². The number of halogens is 2. The summed E-state index contributed by atoms with van der Waals surface area (Å²) in [7, 11) is 0. The van der Waals surface area contributed by atoms with E-state index in [0.717, 1.165) is 29.3 Å². The lowest BCUT2D eigenvalue weighted by Crippen LogP contribution is -2.49. The van der Waals surface area contributed by atoms with Crippen molar-refractivity contribution in [3.63, 3.8) is 0 Å². The molecule has 0 bridgehead atoms. The van der Waals surface area contributed by atoms with Gasteiger partial charge < -0.3 is 15.5 Å². The molecule has 6 heteroatoms. The van der Waals surface area contributed by atoms with Gasteiger partial charge in [-0.25, -0.2) is 0 Å². The number of phenolic OH excluding ortho intramolecular Hbond substituents is 1. The van der Waals surface area contributed by atoms with Crippen molar-refractivity contribution < 1.29 is 15.0 Å². The summed E-state index contributed by atoms with van der Waals surface area (Å²) in [5.74, 6) is -0.311. The summed E-state index contributed by atoms with van der Waals surface area (Å²) in [6, 6.07) is 3.47. The molecule has 0 atom stereocenters. The number of hydrogen-bond donors (Lipinski definition) is 3. The molecule has 1 amide bonds. The first-order valence-corrected chi connectivity index (χ1v) is 8.24. The molecule has 0 unspecified atom stereocenters. The van der Waals surface area contributed by atoms with Gasteiger partial charge in [0.1, 0.15) is 5.75 Å². The van der Waals surface area contributed by atoms with Crippen LogP contribution in [0, 0.1) is 7.14 Å². The molecule has 0 spiro atoms. The zero-order valence-corrected chi connectivity index (χ0v) is 14.6. The van der Waals surface area contributed by atoms with Gasteiger partial charge in [-0.3, -0.25) is 4.79 Å². The van der Waals surface area contributed by atoms with Crippen LogP contribution >= 0.6 is 45.2 Å². The molecule has 1 aromatic carbocycles. The number of amides is 1. The van der Waals surface area contributed by atoms with Crippen LogP contribution in [0.4, 0.5) is 0 Å². The van der Waals surface area contributed by atoms with Crippen LogP contribution in [0.25, 0.3) is 0 Å². The SMILES string of the molecule is O=C(NC1(CO)CCCC1)c1cc(I)cc(I)c1O. The number of carbonyl (C=O) groups excluding carboxylic acids is 1. The van der Waals surface area contributed by atoms with E-state index in [0.29, 0.717) is 3.57 Å². The molecule has 2 rings (SSSR count). The minimum absolute atomic E-state index is 0.00426. The second-order valence-electron chi connectivity index (χ2n) is 4.88. The monoisotopic (exact) mass is 487 g/mol. The lowest BCUT2D eigenvalue weighted by molar-refractivity contribution is 0.0835. The standard InChI is InChI=1S/C13H15I2NO3/c14-8-5-9(11(18)10(15)6-8)12(19)16-13(7-17)3-1-2-4-13/h5-6,17-18H,1-4,7H2,(H,16,19). The number of nitrogens with one attached hydrogen (secondary N) is 1. The van der Waals surface area contributed by atoms with Crippen molar-refractivity contribution in [3.8, 4) is 5.75 Å². The quantitative estimate of drug-likeness (QED) is 0.575. The van der Waals surface area contributed by atoms with Gasteiger partial charge >= 0.3 is 0 Å². The third-order valence-corrected chi connectivity index (χ3v) is 4.96. The molecule has 19 heavy (non-hydrogen) atoms. The molecule has 1 saturated carbocycles. The maximum absolute atomic E-state index is 12.3. The van der Waals surface area contributed by atoms with Gasteiger partial charge in [0, 0.05) is 3.57 Å². The lowest BCUT2D eigenvalue weighted by atomic mass is 9.98. The van der Waals surface area contributed by atoms with E-state index in [1.165, 1.54) is 0 Å². The van der Waals surface area contributed by atoms with Crippen molar-refractivity contribution in [2.45, 2.75) is 31.2 Å². The van der Waals surface area contributed by atoms with Gasteiger partial charge in [-0.2, -0.15) is 0 Å². The predicted molar refractivity (Wildman–Crippen MR) is 89.3 cm³/mol. The number of phenols is 1. The van der Waals surface area contributed by atoms with Crippen LogP contribution in [0.5, 0.6) is 5.75 Å². The van der Waals surface area contributed by atoms with Crippen molar-refractivity contribution in [3.05, 3.63) is 24.8 Å². The van der Waals surface area contributed by atoms with Crippen molar-refractivity contribution in [2.24, 2.45) is 0 Å². The normalized spacial score (nSPS) is 17.4. The first kappa shape index (κ1) is 15.3. The minimum Gasteiger partial charge on any atom is -0.506 e. The molecule has 104 valence electrons. The van der Waals surface area contributed by atoms with Crippen molar-refractivity contribution in [1.82, 2.24) is 5.32 Å². The molecule has 1 fully saturated rings. The van der Waals surface area contributed by atoms with Gasteiger partial charge in [-0.15, -0.1) is 0 Å². The second kappa shape index (κ2) is 6.13. The Morgan fingerprint density at radius 2 is 1.95 bits per heavy atom. The minimum atomic E-state index is -0.518. The molecule has 0 aliphatic heterocycles. The maximum Gasteiger partial charge on any atom is 0.255 e. The van der Waals surface area contributed by atoms with Gasteiger partial charge in [0.15, 0.2) is 0 Å². The van der Waals surface area contributed by atoms with Crippen LogP contribution in [0.2, 0.25) is 0 Å². The number of benzene rings is 1. The molecule has 0 heterocycles. The maximum atomic E-state index is 12.3. The van der Waals surface area contributed by atoms with Gasteiger partial charge in [0.05, 0.1) is 21.3 Å². The molecule has 0 saturated heterocycles. The zero-order valence-electron chi connectivity index (χ0n) is 10.2. The number of rotatable bonds is 3. The smallest absolute Gasteiger partial charge is 0.255 e. The van der Waals surface area contributed by atoms with Gasteiger partial charge in [-0.05, 0) is 70.2 Å². The van der Waals surface area contributed by atoms with Crippen molar-refractivity contribution in [1.29, 1.82) is 0 Å². The van der Waals surface area contributed by atoms with Crippen molar-refractivity contribution >= 4 is 51.1 Å². The molecular formula is C13H15I2NO3. The first-order chi connectivity index (χ1) is 8.97. The highest BCUT2D eigenvalue weighted by Crippen LogP contribution is 2.31. The van der Waals surface area contributed by atoms with Crippen LogP contribution in [0.15, 0.2) is 12.1 Å². The second-order valence-corrected chi connectivity index (χ2v) is 7.29. The summed E-state index contributed by atoms with van der Waals surface area (Å²) in [5, 5.41) is 22.4. The Morgan fingerprint density at radius 1 is 1.32 bits per heavy atom. The Hall–Kier alpha value is -0.0900. The molecule has 1 aromatic rings. The highest BCUT2D eigenvalue weighted by Gasteiger charge is 2.35. The van der Waals surface area contributed by atoms with Crippen LogP contribution in [0.3, 0.4) is 0 Å². The van der Waals surface area contributed by atoms with E-state index < -0.39 is 5.54 Å². The molecule has 1 aliphatic rings. The highest BCUT2D eigenvalue weighted by molar-refractivity contribution is 14.1. The fraction of sp³-hybridized carbons (Fsp3) is 0.462. The Labute approximate surface area is 139 Å². The number of aromatic hydroxyl groups is 1. The third kappa shape index (κ3) is 3.33. The fourth-order valence-electron chi connectivity index (χ4n) is 2.42. The zero-order chi connectivity index (χ0) is 14.0. The average Bonchev–Trinajstić information content (AvgIpc) is 2.82. The van der Waals surface area contributed by atoms with E-state index >= 15 is 0 Å². The topological polar surface area (TPSA) is 69.6 Å². The number of carbonyl (C=O) groups is 1. The van der Waals surface area contributed by atoms with E-state index in [2.05, 4.69) is 27.9 Å². The largest absolute Gasteiger partial charge is 0.506 e. The average molecular weight is 487 g/mol. The van der Waals surface area contributed by atoms with E-state index in [1.54, 1.807) is 6.07 Å². The Kier molecular flexibility index (Phi) is 4.93.